The molecule has 1 aliphatic heterocycles. The molecule has 7 heteroatoms. The van der Waals surface area contributed by atoms with E-state index in [4.69, 9.17) is 4.98 Å². The van der Waals surface area contributed by atoms with Gasteiger partial charge in [-0.2, -0.15) is 0 Å². The summed E-state index contributed by atoms with van der Waals surface area (Å²) < 4.78 is 2.15. The molecule has 3 heterocycles. The molecule has 0 saturated carbocycles. The minimum atomic E-state index is -0.269. The van der Waals surface area contributed by atoms with Gasteiger partial charge in [-0.3, -0.25) is 4.79 Å². The number of carbonyl (C=O) groups is 1. The van der Waals surface area contributed by atoms with Crippen LogP contribution in [0.4, 0.5) is 0 Å². The van der Waals surface area contributed by atoms with Gasteiger partial charge < -0.3 is 9.47 Å². The van der Waals surface area contributed by atoms with Gasteiger partial charge in [-0.05, 0) is 37.5 Å². The van der Waals surface area contributed by atoms with Crippen molar-refractivity contribution in [2.45, 2.75) is 43.8 Å². The number of aryl methyl sites for hydroxylation is 1. The minimum Gasteiger partial charge on any atom is -0.337 e. The molecule has 30 heavy (non-hydrogen) atoms. The van der Waals surface area contributed by atoms with E-state index < -0.39 is 0 Å². The maximum absolute atomic E-state index is 13.1. The van der Waals surface area contributed by atoms with Crippen molar-refractivity contribution in [1.82, 2.24) is 24.6 Å². The number of amides is 1. The van der Waals surface area contributed by atoms with Crippen molar-refractivity contribution < 1.29 is 4.79 Å². The second-order valence-electron chi connectivity index (χ2n) is 7.57. The van der Waals surface area contributed by atoms with Crippen LogP contribution in [0.25, 0.3) is 22.1 Å². The first-order chi connectivity index (χ1) is 14.7. The molecule has 0 bridgehead atoms. The molecule has 2 aromatic carbocycles. The zero-order valence-electron chi connectivity index (χ0n) is 17.1. The van der Waals surface area contributed by atoms with Gasteiger partial charge in [-0.25, -0.2) is 4.98 Å². The summed E-state index contributed by atoms with van der Waals surface area (Å²) in [5.74, 6) is 0.120. The van der Waals surface area contributed by atoms with Crippen LogP contribution in [0.5, 0.6) is 0 Å². The van der Waals surface area contributed by atoms with Crippen LogP contribution < -0.4 is 0 Å². The van der Waals surface area contributed by atoms with Crippen LogP contribution in [0, 0.1) is 0 Å². The number of hydrogen-bond donors (Lipinski definition) is 0. The lowest BCUT2D eigenvalue weighted by molar-refractivity contribution is -0.131. The molecule has 6 nitrogen and oxygen atoms in total. The molecule has 5 rings (SSSR count). The third kappa shape index (κ3) is 3.23. The first-order valence-corrected chi connectivity index (χ1v) is 11.2. The molecule has 0 unspecified atom stereocenters. The van der Waals surface area contributed by atoms with Crippen LogP contribution in [0.3, 0.4) is 0 Å². The normalized spacial score (nSPS) is 14.8. The van der Waals surface area contributed by atoms with E-state index in [-0.39, 0.29) is 11.2 Å². The molecule has 0 aliphatic carbocycles. The van der Waals surface area contributed by atoms with Crippen molar-refractivity contribution >= 4 is 39.7 Å². The summed E-state index contributed by atoms with van der Waals surface area (Å²) in [7, 11) is 0. The van der Waals surface area contributed by atoms with Crippen LogP contribution in [0.2, 0.25) is 0 Å². The van der Waals surface area contributed by atoms with Gasteiger partial charge in [0.2, 0.25) is 11.1 Å². The molecule has 1 atom stereocenters. The van der Waals surface area contributed by atoms with Crippen LogP contribution in [-0.4, -0.2) is 42.4 Å². The highest BCUT2D eigenvalue weighted by Gasteiger charge is 2.26. The molecule has 0 radical (unpaired) electrons. The Labute approximate surface area is 179 Å². The summed E-state index contributed by atoms with van der Waals surface area (Å²) in [6, 6.07) is 16.5. The Hall–Kier alpha value is -2.93. The number of rotatable bonds is 4. The predicted molar refractivity (Wildman–Crippen MR) is 119 cm³/mol. The largest absolute Gasteiger partial charge is 0.337 e. The molecule has 0 fully saturated rings. The number of aromatic nitrogens is 4. The highest BCUT2D eigenvalue weighted by molar-refractivity contribution is 8.00. The van der Waals surface area contributed by atoms with Gasteiger partial charge in [0.25, 0.3) is 0 Å². The average molecular weight is 418 g/mol. The third-order valence-electron chi connectivity index (χ3n) is 5.74. The smallest absolute Gasteiger partial charge is 0.236 e. The van der Waals surface area contributed by atoms with Crippen LogP contribution in [0.15, 0.2) is 53.7 Å². The summed E-state index contributed by atoms with van der Waals surface area (Å²) in [6.45, 7) is 6.25. The molecule has 1 amide bonds. The van der Waals surface area contributed by atoms with E-state index in [0.717, 1.165) is 41.6 Å². The predicted octanol–water partition coefficient (Wildman–Crippen LogP) is 4.06. The molecule has 1 aliphatic rings. The molecular formula is C23H23N5OS. The highest BCUT2D eigenvalue weighted by atomic mass is 32.2. The topological polar surface area (TPSA) is 63.9 Å². The molecule has 0 N–H and O–H groups in total. The summed E-state index contributed by atoms with van der Waals surface area (Å²) in [5.41, 5.74) is 5.31. The van der Waals surface area contributed by atoms with Gasteiger partial charge in [-0.1, -0.05) is 54.2 Å². The quantitative estimate of drug-likeness (QED) is 0.469. The molecule has 152 valence electrons. The third-order valence-corrected chi connectivity index (χ3v) is 6.68. The van der Waals surface area contributed by atoms with Crippen molar-refractivity contribution in [2.24, 2.45) is 0 Å². The lowest BCUT2D eigenvalue weighted by Crippen LogP contribution is -2.40. The second kappa shape index (κ2) is 7.72. The van der Waals surface area contributed by atoms with Crippen LogP contribution in [0.1, 0.15) is 25.0 Å². The van der Waals surface area contributed by atoms with Gasteiger partial charge >= 0.3 is 0 Å². The van der Waals surface area contributed by atoms with Crippen molar-refractivity contribution in [2.75, 3.05) is 6.54 Å². The van der Waals surface area contributed by atoms with Gasteiger partial charge in [-0.15, -0.1) is 10.2 Å². The molecule has 0 spiro atoms. The minimum absolute atomic E-state index is 0.120. The zero-order chi connectivity index (χ0) is 20.7. The van der Waals surface area contributed by atoms with Crippen molar-refractivity contribution in [1.29, 1.82) is 0 Å². The van der Waals surface area contributed by atoms with Gasteiger partial charge in [0.1, 0.15) is 5.52 Å². The monoisotopic (exact) mass is 417 g/mol. The van der Waals surface area contributed by atoms with Gasteiger partial charge in [0, 0.05) is 25.0 Å². The fourth-order valence-corrected chi connectivity index (χ4v) is 5.00. The number of nitrogens with zero attached hydrogens (tertiary/aromatic N) is 5. The number of carbonyl (C=O) groups excluding carboxylic acids is 1. The number of benzene rings is 2. The standard InChI is InChI=1S/C23H23N5OS/c1-3-28-19-11-7-6-10-18(19)20-21(28)24-23(26-25-20)30-15(2)22(29)27-13-12-16-8-4-5-9-17(16)14-27/h4-11,15H,3,12-14H2,1-2H3/t15-/m1/s1. The Morgan fingerprint density at radius 1 is 1.10 bits per heavy atom. The Bertz CT molecular complexity index is 1250. The lowest BCUT2D eigenvalue weighted by atomic mass is 10.00. The maximum atomic E-state index is 13.1. The fourth-order valence-electron chi connectivity index (χ4n) is 4.21. The summed E-state index contributed by atoms with van der Waals surface area (Å²) in [6.07, 6.45) is 0.903. The molecule has 2 aromatic heterocycles. The van der Waals surface area contributed by atoms with Crippen molar-refractivity contribution in [3.63, 3.8) is 0 Å². The zero-order valence-corrected chi connectivity index (χ0v) is 17.9. The van der Waals surface area contributed by atoms with E-state index in [1.165, 1.54) is 22.9 Å². The van der Waals surface area contributed by atoms with Gasteiger partial charge in [0.05, 0.1) is 10.8 Å². The van der Waals surface area contributed by atoms with E-state index in [1.54, 1.807) is 0 Å². The van der Waals surface area contributed by atoms with E-state index in [9.17, 15) is 4.79 Å². The van der Waals surface area contributed by atoms with E-state index in [2.05, 4.69) is 46.0 Å². The van der Waals surface area contributed by atoms with Crippen molar-refractivity contribution in [3.8, 4) is 0 Å². The highest BCUT2D eigenvalue weighted by Crippen LogP contribution is 2.29. The van der Waals surface area contributed by atoms with Crippen LogP contribution in [-0.2, 0) is 24.3 Å². The van der Waals surface area contributed by atoms with Gasteiger partial charge in [0.15, 0.2) is 5.65 Å². The van der Waals surface area contributed by atoms with E-state index in [1.807, 2.05) is 36.1 Å². The second-order valence-corrected chi connectivity index (χ2v) is 8.87. The molecule has 0 saturated heterocycles. The fraction of sp³-hybridized carbons (Fsp3) is 0.304. The first kappa shape index (κ1) is 19.1. The average Bonchev–Trinajstić information content (AvgIpc) is 3.11. The SMILES string of the molecule is CCn1c2ccccc2c2nnc(S[C@H](C)C(=O)N3CCc4ccccc4C3)nc21. The van der Waals surface area contributed by atoms with Crippen molar-refractivity contribution in [3.05, 3.63) is 59.7 Å². The summed E-state index contributed by atoms with van der Waals surface area (Å²) >= 11 is 1.38. The summed E-state index contributed by atoms with van der Waals surface area (Å²) in [5, 5.41) is 10.1. The van der Waals surface area contributed by atoms with E-state index in [0.29, 0.717) is 11.7 Å². The Kier molecular flexibility index (Phi) is 4.90. The summed E-state index contributed by atoms with van der Waals surface area (Å²) in [4.78, 5) is 19.8. The number of para-hydroxylation sites is 1. The number of fused-ring (bicyclic) bond motifs is 4. The number of hydrogen-bond acceptors (Lipinski definition) is 5. The maximum Gasteiger partial charge on any atom is 0.236 e. The van der Waals surface area contributed by atoms with Crippen LogP contribution >= 0.6 is 11.8 Å². The number of thioether (sulfide) groups is 1. The van der Waals surface area contributed by atoms with E-state index >= 15 is 0 Å². The molecular weight excluding hydrogens is 394 g/mol. The Morgan fingerprint density at radius 2 is 1.87 bits per heavy atom. The Morgan fingerprint density at radius 3 is 2.70 bits per heavy atom. The lowest BCUT2D eigenvalue weighted by Gasteiger charge is -2.30. The molecule has 4 aromatic rings. The first-order valence-electron chi connectivity index (χ1n) is 10.3. The Balaban J connectivity index is 1.39.